The summed E-state index contributed by atoms with van der Waals surface area (Å²) in [7, 11) is 0. The molecule has 0 saturated carbocycles. The van der Waals surface area contributed by atoms with Gasteiger partial charge in [-0.05, 0) is 50.5 Å². The van der Waals surface area contributed by atoms with Crippen LogP contribution in [0.1, 0.15) is 24.2 Å². The fraction of sp³-hybridized carbons (Fsp3) is 0.250. The average Bonchev–Trinajstić information content (AvgIpc) is 3.16. The zero-order valence-corrected chi connectivity index (χ0v) is 17.5. The summed E-state index contributed by atoms with van der Waals surface area (Å²) < 4.78 is 7.57. The van der Waals surface area contributed by atoms with Crippen LogP contribution in [0.5, 0.6) is 5.75 Å². The van der Waals surface area contributed by atoms with Crippen molar-refractivity contribution in [1.82, 2.24) is 9.55 Å². The number of ether oxygens (including phenoxy) is 1. The third kappa shape index (κ3) is 4.40. The first-order valence-electron chi connectivity index (χ1n) is 9.88. The van der Waals surface area contributed by atoms with Gasteiger partial charge in [-0.25, -0.2) is 4.98 Å². The SMILES string of the molecule is Cc1ccc(OCCCCn2c(C)nc3sc(-c4ccccc4)cc3c2=O)cc1. The molecule has 2 aromatic carbocycles. The van der Waals surface area contributed by atoms with Crippen LogP contribution in [0, 0.1) is 13.8 Å². The summed E-state index contributed by atoms with van der Waals surface area (Å²) in [6.07, 6.45) is 1.76. The second kappa shape index (κ2) is 8.62. The molecular weight excluding hydrogens is 380 g/mol. The van der Waals surface area contributed by atoms with Gasteiger partial charge in [-0.2, -0.15) is 0 Å². The highest BCUT2D eigenvalue weighted by Gasteiger charge is 2.12. The molecule has 0 fully saturated rings. The van der Waals surface area contributed by atoms with Crippen LogP contribution >= 0.6 is 11.3 Å². The predicted octanol–water partition coefficient (Wildman–Crippen LogP) is 5.60. The van der Waals surface area contributed by atoms with E-state index in [1.807, 2.05) is 55.5 Å². The van der Waals surface area contributed by atoms with Crippen molar-refractivity contribution >= 4 is 21.6 Å². The Morgan fingerprint density at radius 1 is 1.00 bits per heavy atom. The molecule has 5 heteroatoms. The Morgan fingerprint density at radius 2 is 1.76 bits per heavy atom. The zero-order valence-electron chi connectivity index (χ0n) is 16.7. The number of nitrogens with zero attached hydrogens (tertiary/aromatic N) is 2. The van der Waals surface area contributed by atoms with Gasteiger partial charge in [0.2, 0.25) is 0 Å². The van der Waals surface area contributed by atoms with E-state index in [1.54, 1.807) is 15.9 Å². The van der Waals surface area contributed by atoms with Crippen LogP contribution in [0.2, 0.25) is 0 Å². The van der Waals surface area contributed by atoms with Crippen molar-refractivity contribution in [2.24, 2.45) is 0 Å². The van der Waals surface area contributed by atoms with E-state index in [4.69, 9.17) is 4.74 Å². The normalized spacial score (nSPS) is 11.1. The molecule has 4 rings (SSSR count). The first-order valence-corrected chi connectivity index (χ1v) is 10.7. The summed E-state index contributed by atoms with van der Waals surface area (Å²) in [5, 5.41) is 0.704. The summed E-state index contributed by atoms with van der Waals surface area (Å²) in [6, 6.07) is 20.2. The molecule has 0 spiro atoms. The van der Waals surface area contributed by atoms with Crippen molar-refractivity contribution in [3.05, 3.63) is 82.4 Å². The Kier molecular flexibility index (Phi) is 5.76. The zero-order chi connectivity index (χ0) is 20.2. The minimum Gasteiger partial charge on any atom is -0.494 e. The average molecular weight is 405 g/mol. The third-order valence-corrected chi connectivity index (χ3v) is 6.04. The Morgan fingerprint density at radius 3 is 2.52 bits per heavy atom. The second-order valence-electron chi connectivity index (χ2n) is 7.18. The monoisotopic (exact) mass is 404 g/mol. The molecular formula is C24H24N2O2S. The van der Waals surface area contributed by atoms with Crippen LogP contribution in [0.25, 0.3) is 20.7 Å². The maximum Gasteiger partial charge on any atom is 0.262 e. The maximum atomic E-state index is 13.0. The molecule has 4 nitrogen and oxygen atoms in total. The van der Waals surface area contributed by atoms with Crippen LogP contribution in [-0.2, 0) is 6.54 Å². The minimum absolute atomic E-state index is 0.0467. The molecule has 0 amide bonds. The molecule has 4 aromatic rings. The van der Waals surface area contributed by atoms with Gasteiger partial charge in [0, 0.05) is 11.4 Å². The lowest BCUT2D eigenvalue weighted by Gasteiger charge is -2.10. The lowest BCUT2D eigenvalue weighted by Crippen LogP contribution is -2.23. The van der Waals surface area contributed by atoms with Crippen molar-refractivity contribution in [2.45, 2.75) is 33.2 Å². The van der Waals surface area contributed by atoms with E-state index >= 15 is 0 Å². The third-order valence-electron chi connectivity index (χ3n) is 4.97. The van der Waals surface area contributed by atoms with E-state index in [0.29, 0.717) is 18.5 Å². The molecule has 148 valence electrons. The van der Waals surface area contributed by atoms with Gasteiger partial charge in [0.1, 0.15) is 16.4 Å². The lowest BCUT2D eigenvalue weighted by atomic mass is 10.2. The van der Waals surface area contributed by atoms with Crippen molar-refractivity contribution in [1.29, 1.82) is 0 Å². The summed E-state index contributed by atoms with van der Waals surface area (Å²) in [5.74, 6) is 1.65. The molecule has 0 aliphatic carbocycles. The number of benzene rings is 2. The van der Waals surface area contributed by atoms with Crippen molar-refractivity contribution in [3.63, 3.8) is 0 Å². The number of thiophene rings is 1. The molecule has 0 saturated heterocycles. The standard InChI is InChI=1S/C24H24N2O2S/c1-17-10-12-20(13-11-17)28-15-7-6-14-26-18(2)25-23-21(24(26)27)16-22(29-23)19-8-4-3-5-9-19/h3-5,8-13,16H,6-7,14-15H2,1-2H3. The summed E-state index contributed by atoms with van der Waals surface area (Å²) in [4.78, 5) is 19.6. The van der Waals surface area contributed by atoms with Gasteiger partial charge < -0.3 is 4.74 Å². The molecule has 0 unspecified atom stereocenters. The number of unbranched alkanes of at least 4 members (excludes halogenated alkanes) is 1. The van der Waals surface area contributed by atoms with Crippen molar-refractivity contribution in [3.8, 4) is 16.2 Å². The molecule has 0 atom stereocenters. The van der Waals surface area contributed by atoms with Crippen LogP contribution < -0.4 is 10.3 Å². The minimum atomic E-state index is 0.0467. The Labute approximate surface area is 174 Å². The van der Waals surface area contributed by atoms with Gasteiger partial charge in [-0.3, -0.25) is 9.36 Å². The molecule has 2 aromatic heterocycles. The highest BCUT2D eigenvalue weighted by Crippen LogP contribution is 2.30. The highest BCUT2D eigenvalue weighted by atomic mass is 32.1. The largest absolute Gasteiger partial charge is 0.494 e. The van der Waals surface area contributed by atoms with Crippen molar-refractivity contribution in [2.75, 3.05) is 6.61 Å². The van der Waals surface area contributed by atoms with E-state index < -0.39 is 0 Å². The van der Waals surface area contributed by atoms with E-state index in [2.05, 4.69) is 24.0 Å². The number of hydrogen-bond donors (Lipinski definition) is 0. The van der Waals surface area contributed by atoms with Gasteiger partial charge in [0.15, 0.2) is 0 Å². The fourth-order valence-electron chi connectivity index (χ4n) is 3.32. The molecule has 0 bridgehead atoms. The lowest BCUT2D eigenvalue weighted by molar-refractivity contribution is 0.302. The molecule has 0 aliphatic rings. The van der Waals surface area contributed by atoms with Crippen LogP contribution in [0.3, 0.4) is 0 Å². The number of hydrogen-bond acceptors (Lipinski definition) is 4. The Balaban J connectivity index is 1.43. The Bertz CT molecular complexity index is 1160. The van der Waals surface area contributed by atoms with Crippen LogP contribution in [-0.4, -0.2) is 16.2 Å². The first kappa shape index (κ1) is 19.4. The highest BCUT2D eigenvalue weighted by molar-refractivity contribution is 7.21. The quantitative estimate of drug-likeness (QED) is 0.377. The number of rotatable bonds is 7. The molecule has 0 N–H and O–H groups in total. The maximum absolute atomic E-state index is 13.0. The summed E-state index contributed by atoms with van der Waals surface area (Å²) in [5.41, 5.74) is 2.39. The number of aromatic nitrogens is 2. The van der Waals surface area contributed by atoms with E-state index in [9.17, 15) is 4.79 Å². The van der Waals surface area contributed by atoms with Crippen LogP contribution in [0.15, 0.2) is 65.5 Å². The van der Waals surface area contributed by atoms with Gasteiger partial charge in [0.05, 0.1) is 12.0 Å². The molecule has 29 heavy (non-hydrogen) atoms. The molecule has 0 aliphatic heterocycles. The van der Waals surface area contributed by atoms with Crippen molar-refractivity contribution < 1.29 is 4.74 Å². The molecule has 2 heterocycles. The van der Waals surface area contributed by atoms with E-state index in [0.717, 1.165) is 39.7 Å². The summed E-state index contributed by atoms with van der Waals surface area (Å²) >= 11 is 1.57. The Hall–Kier alpha value is -2.92. The predicted molar refractivity (Wildman–Crippen MR) is 120 cm³/mol. The number of fused-ring (bicyclic) bond motifs is 1. The van der Waals surface area contributed by atoms with E-state index in [-0.39, 0.29) is 5.56 Å². The second-order valence-corrected chi connectivity index (χ2v) is 8.21. The summed E-state index contributed by atoms with van der Waals surface area (Å²) in [6.45, 7) is 5.26. The fourth-order valence-corrected chi connectivity index (χ4v) is 4.39. The topological polar surface area (TPSA) is 44.1 Å². The van der Waals surface area contributed by atoms with Crippen LogP contribution in [0.4, 0.5) is 0 Å². The van der Waals surface area contributed by atoms with Gasteiger partial charge in [0.25, 0.3) is 5.56 Å². The number of aryl methyl sites for hydroxylation is 2. The first-order chi connectivity index (χ1) is 14.1. The van der Waals surface area contributed by atoms with E-state index in [1.165, 1.54) is 5.56 Å². The smallest absolute Gasteiger partial charge is 0.262 e. The van der Waals surface area contributed by atoms with Gasteiger partial charge in [-0.15, -0.1) is 11.3 Å². The molecule has 0 radical (unpaired) electrons. The van der Waals surface area contributed by atoms with Gasteiger partial charge in [-0.1, -0.05) is 48.0 Å². The van der Waals surface area contributed by atoms with Gasteiger partial charge >= 0.3 is 0 Å².